The first-order valence-corrected chi connectivity index (χ1v) is 7.31. The molecule has 0 aliphatic heterocycles. The first kappa shape index (κ1) is 16.7. The molecule has 0 spiro atoms. The second kappa shape index (κ2) is 5.52. The Balaban J connectivity index is 2.24. The van der Waals surface area contributed by atoms with Crippen LogP contribution in [0.1, 0.15) is 37.6 Å². The van der Waals surface area contributed by atoms with Crippen LogP contribution in [-0.4, -0.2) is 29.6 Å². The molecule has 1 aliphatic carbocycles. The monoisotopic (exact) mass is 326 g/mol. The SMILES string of the molecule is CO[C@@]1(C)C[C@@H](NC(=O)c2c(Cl)cccc2[N+](=O)[O-])C1(C)C. The number of benzene rings is 1. The zero-order valence-electron chi connectivity index (χ0n) is 13.0. The number of nitro groups is 1. The molecule has 1 amide bonds. The third-order valence-corrected chi connectivity index (χ3v) is 5.31. The number of hydrogen-bond donors (Lipinski definition) is 1. The van der Waals surface area contributed by atoms with Crippen molar-refractivity contribution in [1.29, 1.82) is 0 Å². The Bertz CT molecular complexity index is 632. The molecule has 1 aromatic carbocycles. The molecule has 6 nitrogen and oxygen atoms in total. The average molecular weight is 327 g/mol. The zero-order valence-corrected chi connectivity index (χ0v) is 13.7. The number of carbonyl (C=O) groups is 1. The number of nitrogens with one attached hydrogen (secondary N) is 1. The first-order chi connectivity index (χ1) is 10.1. The molecule has 0 bridgehead atoms. The summed E-state index contributed by atoms with van der Waals surface area (Å²) in [4.78, 5) is 22.9. The number of nitrogens with zero attached hydrogens (tertiary/aromatic N) is 1. The summed E-state index contributed by atoms with van der Waals surface area (Å²) in [5, 5.41) is 14.0. The van der Waals surface area contributed by atoms with Gasteiger partial charge in [-0.15, -0.1) is 0 Å². The molecular weight excluding hydrogens is 308 g/mol. The minimum atomic E-state index is -0.605. The molecule has 0 aromatic heterocycles. The van der Waals surface area contributed by atoms with Gasteiger partial charge in [-0.25, -0.2) is 0 Å². The van der Waals surface area contributed by atoms with E-state index in [1.165, 1.54) is 18.2 Å². The van der Waals surface area contributed by atoms with E-state index in [1.54, 1.807) is 7.11 Å². The molecular formula is C15H19ClN2O4. The number of nitro benzene ring substituents is 1. The quantitative estimate of drug-likeness (QED) is 0.680. The van der Waals surface area contributed by atoms with Crippen LogP contribution in [0, 0.1) is 15.5 Å². The Labute approximate surface area is 133 Å². The molecule has 0 radical (unpaired) electrons. The van der Waals surface area contributed by atoms with E-state index in [2.05, 4.69) is 5.32 Å². The van der Waals surface area contributed by atoms with Crippen LogP contribution in [0.3, 0.4) is 0 Å². The molecule has 1 saturated carbocycles. The number of carbonyl (C=O) groups excluding carboxylic acids is 1. The van der Waals surface area contributed by atoms with Crippen LogP contribution >= 0.6 is 11.6 Å². The van der Waals surface area contributed by atoms with Gasteiger partial charge in [-0.05, 0) is 19.4 Å². The lowest BCUT2D eigenvalue weighted by molar-refractivity contribution is -0.385. The molecule has 2 rings (SSSR count). The lowest BCUT2D eigenvalue weighted by atomic mass is 9.56. The van der Waals surface area contributed by atoms with Crippen molar-refractivity contribution in [2.75, 3.05) is 7.11 Å². The van der Waals surface area contributed by atoms with Crippen LogP contribution in [0.25, 0.3) is 0 Å². The third kappa shape index (κ3) is 2.46. The zero-order chi connectivity index (χ0) is 16.7. The van der Waals surface area contributed by atoms with Crippen molar-refractivity contribution in [3.05, 3.63) is 38.9 Å². The van der Waals surface area contributed by atoms with Gasteiger partial charge in [-0.2, -0.15) is 0 Å². The van der Waals surface area contributed by atoms with Crippen molar-refractivity contribution in [3.63, 3.8) is 0 Å². The smallest absolute Gasteiger partial charge is 0.283 e. The Morgan fingerprint density at radius 1 is 1.45 bits per heavy atom. The van der Waals surface area contributed by atoms with Gasteiger partial charge in [-0.1, -0.05) is 31.5 Å². The standard InChI is InChI=1S/C15H19ClN2O4/c1-14(2)11(8-15(14,3)22-4)17-13(19)12-9(16)6-5-7-10(12)18(20)21/h5-7,11H,8H2,1-4H3,(H,17,19)/t11-,15+/m1/s1. The van der Waals surface area contributed by atoms with Gasteiger partial charge in [0, 0.05) is 24.6 Å². The van der Waals surface area contributed by atoms with Gasteiger partial charge in [0.25, 0.3) is 11.6 Å². The maximum atomic E-state index is 12.4. The molecule has 0 unspecified atom stereocenters. The molecule has 1 N–H and O–H groups in total. The highest BCUT2D eigenvalue weighted by Crippen LogP contribution is 2.51. The molecule has 7 heteroatoms. The summed E-state index contributed by atoms with van der Waals surface area (Å²) in [6, 6.07) is 4.05. The predicted molar refractivity (Wildman–Crippen MR) is 83.2 cm³/mol. The van der Waals surface area contributed by atoms with Crippen LogP contribution in [0.2, 0.25) is 5.02 Å². The normalized spacial score (nSPS) is 26.1. The van der Waals surface area contributed by atoms with Crippen molar-refractivity contribution < 1.29 is 14.5 Å². The molecule has 1 aliphatic rings. The number of hydrogen-bond acceptors (Lipinski definition) is 4. The van der Waals surface area contributed by atoms with Gasteiger partial charge >= 0.3 is 0 Å². The van der Waals surface area contributed by atoms with Crippen molar-refractivity contribution in [1.82, 2.24) is 5.32 Å². The molecule has 120 valence electrons. The lowest BCUT2D eigenvalue weighted by Crippen LogP contribution is -2.68. The van der Waals surface area contributed by atoms with Crippen LogP contribution in [-0.2, 0) is 4.74 Å². The van der Waals surface area contributed by atoms with Gasteiger partial charge in [0.05, 0.1) is 15.5 Å². The van der Waals surface area contributed by atoms with E-state index < -0.39 is 10.8 Å². The minimum absolute atomic E-state index is 0.0679. The summed E-state index contributed by atoms with van der Waals surface area (Å²) >= 11 is 5.98. The fourth-order valence-electron chi connectivity index (χ4n) is 2.84. The number of halogens is 1. The topological polar surface area (TPSA) is 81.5 Å². The molecule has 0 heterocycles. The number of rotatable bonds is 4. The minimum Gasteiger partial charge on any atom is -0.378 e. The fourth-order valence-corrected chi connectivity index (χ4v) is 3.10. The summed E-state index contributed by atoms with van der Waals surface area (Å²) in [7, 11) is 1.64. The van der Waals surface area contributed by atoms with Crippen LogP contribution in [0.5, 0.6) is 0 Å². The van der Waals surface area contributed by atoms with Crippen molar-refractivity contribution >= 4 is 23.2 Å². The highest BCUT2D eigenvalue weighted by atomic mass is 35.5. The summed E-state index contributed by atoms with van der Waals surface area (Å²) in [6.07, 6.45) is 0.639. The van der Waals surface area contributed by atoms with Crippen molar-refractivity contribution in [2.45, 2.75) is 38.8 Å². The van der Waals surface area contributed by atoms with E-state index in [0.29, 0.717) is 6.42 Å². The van der Waals surface area contributed by atoms with Gasteiger partial charge in [0.15, 0.2) is 0 Å². The van der Waals surface area contributed by atoms with E-state index in [1.807, 2.05) is 20.8 Å². The second-order valence-corrected chi connectivity index (χ2v) is 6.69. The van der Waals surface area contributed by atoms with Crippen LogP contribution in [0.15, 0.2) is 18.2 Å². The van der Waals surface area contributed by atoms with E-state index in [4.69, 9.17) is 16.3 Å². The Morgan fingerprint density at radius 2 is 2.09 bits per heavy atom. The summed E-state index contributed by atoms with van der Waals surface area (Å²) in [5.74, 6) is -0.534. The van der Waals surface area contributed by atoms with E-state index in [0.717, 1.165) is 0 Å². The summed E-state index contributed by atoms with van der Waals surface area (Å²) in [6.45, 7) is 5.96. The fraction of sp³-hybridized carbons (Fsp3) is 0.533. The highest BCUT2D eigenvalue weighted by molar-refractivity contribution is 6.34. The molecule has 1 fully saturated rings. The molecule has 22 heavy (non-hydrogen) atoms. The Hall–Kier alpha value is -1.66. The van der Waals surface area contributed by atoms with E-state index in [9.17, 15) is 14.9 Å². The predicted octanol–water partition coefficient (Wildman–Crippen LogP) is 3.18. The van der Waals surface area contributed by atoms with Crippen molar-refractivity contribution in [2.24, 2.45) is 5.41 Å². The Morgan fingerprint density at radius 3 is 2.59 bits per heavy atom. The maximum absolute atomic E-state index is 12.4. The molecule has 1 aromatic rings. The second-order valence-electron chi connectivity index (χ2n) is 6.28. The van der Waals surface area contributed by atoms with Crippen LogP contribution < -0.4 is 5.32 Å². The average Bonchev–Trinajstić information content (AvgIpc) is 2.45. The van der Waals surface area contributed by atoms with Gasteiger partial charge in [0.2, 0.25) is 0 Å². The highest BCUT2D eigenvalue weighted by Gasteiger charge is 2.58. The van der Waals surface area contributed by atoms with Gasteiger partial charge < -0.3 is 10.1 Å². The van der Waals surface area contributed by atoms with Gasteiger partial charge in [-0.3, -0.25) is 14.9 Å². The summed E-state index contributed by atoms with van der Waals surface area (Å²) in [5.41, 5.74) is -1.02. The van der Waals surface area contributed by atoms with Crippen LogP contribution in [0.4, 0.5) is 5.69 Å². The number of ether oxygens (including phenoxy) is 1. The van der Waals surface area contributed by atoms with Gasteiger partial charge in [0.1, 0.15) is 5.56 Å². The molecule has 0 saturated heterocycles. The largest absolute Gasteiger partial charge is 0.378 e. The lowest BCUT2D eigenvalue weighted by Gasteiger charge is -2.59. The number of methoxy groups -OCH3 is 1. The number of amides is 1. The first-order valence-electron chi connectivity index (χ1n) is 6.93. The van der Waals surface area contributed by atoms with Crippen molar-refractivity contribution in [3.8, 4) is 0 Å². The van der Waals surface area contributed by atoms with E-state index in [-0.39, 0.29) is 33.3 Å². The third-order valence-electron chi connectivity index (χ3n) is 5.00. The molecule has 2 atom stereocenters. The Kier molecular flexibility index (Phi) is 4.19. The maximum Gasteiger partial charge on any atom is 0.283 e. The van der Waals surface area contributed by atoms with E-state index >= 15 is 0 Å². The summed E-state index contributed by atoms with van der Waals surface area (Å²) < 4.78 is 5.51.